The van der Waals surface area contributed by atoms with Crippen molar-refractivity contribution in [1.82, 2.24) is 10.0 Å². The van der Waals surface area contributed by atoms with Gasteiger partial charge in [0.25, 0.3) is 0 Å². The van der Waals surface area contributed by atoms with Crippen molar-refractivity contribution in [2.75, 3.05) is 6.54 Å². The van der Waals surface area contributed by atoms with Crippen LogP contribution in [-0.4, -0.2) is 32.0 Å². The largest absolute Gasteiger partial charge is 0.507 e. The first-order valence-corrected chi connectivity index (χ1v) is 7.38. The van der Waals surface area contributed by atoms with Crippen LogP contribution in [0.2, 0.25) is 0 Å². The van der Waals surface area contributed by atoms with Crippen molar-refractivity contribution in [2.45, 2.75) is 31.2 Å². The molecule has 6 nitrogen and oxygen atoms in total. The summed E-state index contributed by atoms with van der Waals surface area (Å²) in [7, 11) is -3.80. The number of phenolic OH excluding ortho intramolecular Hbond substituents is 1. The molecule has 1 amide bonds. The third kappa shape index (κ3) is 4.88. The van der Waals surface area contributed by atoms with Crippen molar-refractivity contribution < 1.29 is 18.3 Å². The van der Waals surface area contributed by atoms with Crippen LogP contribution in [0.15, 0.2) is 29.2 Å². The van der Waals surface area contributed by atoms with Gasteiger partial charge in [0.05, 0.1) is 0 Å². The van der Waals surface area contributed by atoms with Gasteiger partial charge in [-0.25, -0.2) is 13.1 Å². The second-order valence-electron chi connectivity index (χ2n) is 4.34. The Bertz CT molecular complexity index is 540. The normalized spacial score (nSPS) is 11.5. The van der Waals surface area contributed by atoms with Gasteiger partial charge in [0.1, 0.15) is 10.6 Å². The zero-order valence-corrected chi connectivity index (χ0v) is 11.7. The SMILES string of the molecule is CC(C)NC(=O)CCNS(=O)(=O)c1ccccc1O. The quantitative estimate of drug-likeness (QED) is 0.713. The molecule has 0 bridgehead atoms. The molecule has 1 aromatic carbocycles. The second-order valence-corrected chi connectivity index (χ2v) is 6.07. The number of carbonyl (C=O) groups excluding carboxylic acids is 1. The summed E-state index contributed by atoms with van der Waals surface area (Å²) < 4.78 is 26.0. The lowest BCUT2D eigenvalue weighted by atomic mass is 10.3. The molecule has 0 unspecified atom stereocenters. The number of hydrogen-bond donors (Lipinski definition) is 3. The number of benzene rings is 1. The Labute approximate surface area is 112 Å². The number of para-hydroxylation sites is 1. The molecule has 0 fully saturated rings. The van der Waals surface area contributed by atoms with Crippen molar-refractivity contribution in [1.29, 1.82) is 0 Å². The second kappa shape index (κ2) is 6.53. The van der Waals surface area contributed by atoms with E-state index in [2.05, 4.69) is 10.0 Å². The minimum atomic E-state index is -3.80. The fourth-order valence-corrected chi connectivity index (χ4v) is 2.58. The highest BCUT2D eigenvalue weighted by atomic mass is 32.2. The molecule has 0 radical (unpaired) electrons. The third-order valence-electron chi connectivity index (χ3n) is 2.25. The van der Waals surface area contributed by atoms with E-state index in [1.807, 2.05) is 13.8 Å². The van der Waals surface area contributed by atoms with Crippen LogP contribution in [0, 0.1) is 0 Å². The van der Waals surface area contributed by atoms with Gasteiger partial charge in [-0.2, -0.15) is 0 Å². The molecule has 1 aromatic rings. The minimum absolute atomic E-state index is 0.0160. The molecule has 0 aliphatic rings. The van der Waals surface area contributed by atoms with Crippen molar-refractivity contribution in [3.8, 4) is 5.75 Å². The molecule has 0 saturated heterocycles. The van der Waals surface area contributed by atoms with Crippen molar-refractivity contribution in [3.05, 3.63) is 24.3 Å². The van der Waals surface area contributed by atoms with Crippen LogP contribution < -0.4 is 10.0 Å². The van der Waals surface area contributed by atoms with Gasteiger partial charge in [0, 0.05) is 19.0 Å². The summed E-state index contributed by atoms with van der Waals surface area (Å²) in [6, 6.07) is 5.65. The smallest absolute Gasteiger partial charge is 0.244 e. The zero-order chi connectivity index (χ0) is 14.5. The molecular formula is C12H18N2O4S. The molecule has 7 heteroatoms. The monoisotopic (exact) mass is 286 g/mol. The standard InChI is InChI=1S/C12H18N2O4S/c1-9(2)14-12(16)7-8-13-19(17,18)11-6-4-3-5-10(11)15/h3-6,9,13,15H,7-8H2,1-2H3,(H,14,16). The van der Waals surface area contributed by atoms with E-state index in [1.54, 1.807) is 0 Å². The predicted octanol–water partition coefficient (Wildman–Crippen LogP) is 0.585. The number of nitrogens with one attached hydrogen (secondary N) is 2. The lowest BCUT2D eigenvalue weighted by molar-refractivity contribution is -0.121. The molecule has 19 heavy (non-hydrogen) atoms. The van der Waals surface area contributed by atoms with Gasteiger partial charge >= 0.3 is 0 Å². The van der Waals surface area contributed by atoms with E-state index in [9.17, 15) is 18.3 Å². The van der Waals surface area contributed by atoms with Gasteiger partial charge in [-0.3, -0.25) is 4.79 Å². The predicted molar refractivity (Wildman–Crippen MR) is 71.2 cm³/mol. The van der Waals surface area contributed by atoms with Crippen LogP contribution in [0.25, 0.3) is 0 Å². The number of rotatable bonds is 6. The van der Waals surface area contributed by atoms with Crippen LogP contribution in [0.1, 0.15) is 20.3 Å². The highest BCUT2D eigenvalue weighted by molar-refractivity contribution is 7.89. The number of aromatic hydroxyl groups is 1. The van der Waals surface area contributed by atoms with E-state index >= 15 is 0 Å². The minimum Gasteiger partial charge on any atom is -0.507 e. The van der Waals surface area contributed by atoms with E-state index in [-0.39, 0.29) is 35.6 Å². The van der Waals surface area contributed by atoms with E-state index in [0.717, 1.165) is 0 Å². The lowest BCUT2D eigenvalue weighted by Gasteiger charge is -2.10. The van der Waals surface area contributed by atoms with E-state index in [1.165, 1.54) is 24.3 Å². The number of amides is 1. The summed E-state index contributed by atoms with van der Waals surface area (Å²) >= 11 is 0. The third-order valence-corrected chi connectivity index (χ3v) is 3.76. The Kier molecular flexibility index (Phi) is 5.31. The van der Waals surface area contributed by atoms with Gasteiger partial charge < -0.3 is 10.4 Å². The molecule has 0 saturated carbocycles. The van der Waals surface area contributed by atoms with Gasteiger partial charge in [-0.15, -0.1) is 0 Å². The fraction of sp³-hybridized carbons (Fsp3) is 0.417. The van der Waals surface area contributed by atoms with Gasteiger partial charge in [0.2, 0.25) is 15.9 Å². The average Bonchev–Trinajstić information content (AvgIpc) is 2.27. The van der Waals surface area contributed by atoms with E-state index in [4.69, 9.17) is 0 Å². The molecule has 0 aliphatic carbocycles. The molecule has 106 valence electrons. The first-order valence-electron chi connectivity index (χ1n) is 5.90. The Hall–Kier alpha value is -1.60. The zero-order valence-electron chi connectivity index (χ0n) is 10.9. The van der Waals surface area contributed by atoms with Gasteiger partial charge in [-0.05, 0) is 26.0 Å². The van der Waals surface area contributed by atoms with Gasteiger partial charge in [0.15, 0.2) is 0 Å². The Morgan fingerprint density at radius 3 is 2.53 bits per heavy atom. The Morgan fingerprint density at radius 1 is 1.32 bits per heavy atom. The molecule has 0 aliphatic heterocycles. The molecule has 3 N–H and O–H groups in total. The molecule has 0 spiro atoms. The molecule has 1 rings (SSSR count). The maximum absolute atomic E-state index is 11.9. The Balaban J connectivity index is 2.58. The van der Waals surface area contributed by atoms with Crippen LogP contribution in [0.5, 0.6) is 5.75 Å². The maximum atomic E-state index is 11.9. The first kappa shape index (κ1) is 15.5. The summed E-state index contributed by atoms with van der Waals surface area (Å²) in [5, 5.41) is 12.1. The van der Waals surface area contributed by atoms with Crippen LogP contribution >= 0.6 is 0 Å². The fourth-order valence-electron chi connectivity index (χ4n) is 1.46. The van der Waals surface area contributed by atoms with E-state index < -0.39 is 10.0 Å². The van der Waals surface area contributed by atoms with Crippen molar-refractivity contribution >= 4 is 15.9 Å². The number of sulfonamides is 1. The Morgan fingerprint density at radius 2 is 1.95 bits per heavy atom. The summed E-state index contributed by atoms with van der Waals surface area (Å²) in [6.07, 6.45) is 0.0466. The number of hydrogen-bond acceptors (Lipinski definition) is 4. The highest BCUT2D eigenvalue weighted by Crippen LogP contribution is 2.20. The van der Waals surface area contributed by atoms with Gasteiger partial charge in [-0.1, -0.05) is 12.1 Å². The number of phenols is 1. The number of carbonyl (C=O) groups is 1. The summed E-state index contributed by atoms with van der Waals surface area (Å²) in [6.45, 7) is 3.63. The average molecular weight is 286 g/mol. The molecule has 0 heterocycles. The molecule has 0 aromatic heterocycles. The van der Waals surface area contributed by atoms with Crippen LogP contribution in [0.3, 0.4) is 0 Å². The maximum Gasteiger partial charge on any atom is 0.244 e. The topological polar surface area (TPSA) is 95.5 Å². The van der Waals surface area contributed by atoms with Crippen molar-refractivity contribution in [2.24, 2.45) is 0 Å². The van der Waals surface area contributed by atoms with E-state index in [0.29, 0.717) is 0 Å². The molecular weight excluding hydrogens is 268 g/mol. The summed E-state index contributed by atoms with van der Waals surface area (Å²) in [5.74, 6) is -0.545. The summed E-state index contributed by atoms with van der Waals surface area (Å²) in [4.78, 5) is 11.2. The molecule has 0 atom stereocenters. The highest BCUT2D eigenvalue weighted by Gasteiger charge is 2.17. The van der Waals surface area contributed by atoms with Crippen LogP contribution in [-0.2, 0) is 14.8 Å². The van der Waals surface area contributed by atoms with Crippen molar-refractivity contribution in [3.63, 3.8) is 0 Å². The van der Waals surface area contributed by atoms with Crippen LogP contribution in [0.4, 0.5) is 0 Å². The lowest BCUT2D eigenvalue weighted by Crippen LogP contribution is -2.34. The summed E-state index contributed by atoms with van der Waals surface area (Å²) in [5.41, 5.74) is 0. The first-order chi connectivity index (χ1) is 8.83.